The number of imide groups is 1. The Hall–Kier alpha value is -1.64. The molecule has 2 aliphatic carbocycles. The monoisotopic (exact) mass is 269 g/mol. The highest BCUT2D eigenvalue weighted by Gasteiger charge is 2.61. The van der Waals surface area contributed by atoms with E-state index < -0.39 is 0 Å². The van der Waals surface area contributed by atoms with Gasteiger partial charge in [0.2, 0.25) is 11.8 Å². The zero-order valence-corrected chi connectivity index (χ0v) is 11.9. The number of carbonyl (C=O) groups excluding carboxylic acids is 2. The summed E-state index contributed by atoms with van der Waals surface area (Å²) in [4.78, 5) is 27.0. The van der Waals surface area contributed by atoms with Crippen molar-refractivity contribution < 1.29 is 9.59 Å². The first-order valence-electron chi connectivity index (χ1n) is 7.53. The number of fused-ring (bicyclic) bond motifs is 5. The van der Waals surface area contributed by atoms with Crippen LogP contribution in [0.4, 0.5) is 5.69 Å². The lowest BCUT2D eigenvalue weighted by atomic mass is 9.81. The van der Waals surface area contributed by atoms with E-state index in [1.165, 1.54) is 4.90 Å². The van der Waals surface area contributed by atoms with E-state index in [1.807, 2.05) is 32.0 Å². The van der Waals surface area contributed by atoms with E-state index >= 15 is 0 Å². The van der Waals surface area contributed by atoms with Crippen LogP contribution in [-0.2, 0) is 9.59 Å². The lowest BCUT2D eigenvalue weighted by Gasteiger charge is -2.19. The highest BCUT2D eigenvalue weighted by molar-refractivity contribution is 6.23. The molecule has 1 aromatic carbocycles. The number of rotatable bonds is 1. The van der Waals surface area contributed by atoms with Crippen LogP contribution in [0.5, 0.6) is 0 Å². The van der Waals surface area contributed by atoms with Gasteiger partial charge in [-0.2, -0.15) is 0 Å². The van der Waals surface area contributed by atoms with E-state index in [2.05, 4.69) is 0 Å². The van der Waals surface area contributed by atoms with Gasteiger partial charge in [-0.25, -0.2) is 4.90 Å². The molecule has 2 bridgehead atoms. The Morgan fingerprint density at radius 3 is 2.20 bits per heavy atom. The van der Waals surface area contributed by atoms with Crippen LogP contribution >= 0.6 is 0 Å². The second kappa shape index (κ2) is 3.94. The highest BCUT2D eigenvalue weighted by Crippen LogP contribution is 2.56. The van der Waals surface area contributed by atoms with Gasteiger partial charge in [0, 0.05) is 0 Å². The van der Waals surface area contributed by atoms with Crippen LogP contribution in [0.1, 0.15) is 30.4 Å². The van der Waals surface area contributed by atoms with Gasteiger partial charge in [-0.1, -0.05) is 12.1 Å². The van der Waals surface area contributed by atoms with E-state index in [-0.39, 0.29) is 23.7 Å². The third-order valence-electron chi connectivity index (χ3n) is 5.53. The maximum absolute atomic E-state index is 12.8. The van der Waals surface area contributed by atoms with Gasteiger partial charge in [-0.05, 0) is 62.1 Å². The zero-order valence-electron chi connectivity index (χ0n) is 11.9. The van der Waals surface area contributed by atoms with Crippen LogP contribution in [-0.4, -0.2) is 11.8 Å². The minimum Gasteiger partial charge on any atom is -0.274 e. The topological polar surface area (TPSA) is 37.4 Å². The summed E-state index contributed by atoms with van der Waals surface area (Å²) in [6, 6.07) is 5.98. The molecule has 1 aliphatic heterocycles. The van der Waals surface area contributed by atoms with Gasteiger partial charge in [0.05, 0.1) is 17.5 Å². The van der Waals surface area contributed by atoms with Gasteiger partial charge < -0.3 is 0 Å². The molecule has 4 atom stereocenters. The fourth-order valence-electron chi connectivity index (χ4n) is 4.61. The number of nitrogens with zero attached hydrogens (tertiary/aromatic N) is 1. The zero-order chi connectivity index (χ0) is 14.0. The molecule has 0 radical (unpaired) electrons. The Bertz CT molecular complexity index is 593. The van der Waals surface area contributed by atoms with Crippen molar-refractivity contribution in [3.8, 4) is 0 Å². The van der Waals surface area contributed by atoms with Crippen molar-refractivity contribution in [1.29, 1.82) is 0 Å². The van der Waals surface area contributed by atoms with Crippen molar-refractivity contribution >= 4 is 17.5 Å². The SMILES string of the molecule is Cc1ccc(C)c(N2C(=O)C3C4CCC(C4)C3C2=O)c1. The molecular formula is C17H19NO2. The van der Waals surface area contributed by atoms with E-state index in [4.69, 9.17) is 0 Å². The standard InChI is InChI=1S/C17H19NO2/c1-9-3-4-10(2)13(7-9)18-16(19)14-11-5-6-12(8-11)15(14)17(18)20/h3-4,7,11-12,14-15H,5-6,8H2,1-2H3. The predicted molar refractivity (Wildman–Crippen MR) is 76.2 cm³/mol. The van der Waals surface area contributed by atoms with E-state index in [9.17, 15) is 9.59 Å². The molecule has 1 heterocycles. The van der Waals surface area contributed by atoms with Gasteiger partial charge in [-0.3, -0.25) is 9.59 Å². The number of carbonyl (C=O) groups is 2. The van der Waals surface area contributed by atoms with E-state index in [1.54, 1.807) is 0 Å². The van der Waals surface area contributed by atoms with Crippen LogP contribution < -0.4 is 4.90 Å². The van der Waals surface area contributed by atoms with E-state index in [0.717, 1.165) is 36.1 Å². The Morgan fingerprint density at radius 1 is 1.00 bits per heavy atom. The first kappa shape index (κ1) is 12.1. The second-order valence-corrected chi connectivity index (χ2v) is 6.69. The molecule has 0 spiro atoms. The van der Waals surface area contributed by atoms with Crippen molar-refractivity contribution in [3.63, 3.8) is 0 Å². The molecule has 3 aliphatic rings. The molecule has 0 aromatic heterocycles. The Kier molecular flexibility index (Phi) is 2.39. The molecular weight excluding hydrogens is 250 g/mol. The van der Waals surface area contributed by atoms with Gasteiger partial charge in [0.25, 0.3) is 0 Å². The Morgan fingerprint density at radius 2 is 1.60 bits per heavy atom. The molecule has 20 heavy (non-hydrogen) atoms. The summed E-state index contributed by atoms with van der Waals surface area (Å²) < 4.78 is 0. The number of benzene rings is 1. The summed E-state index contributed by atoms with van der Waals surface area (Å²) >= 11 is 0. The van der Waals surface area contributed by atoms with Gasteiger partial charge in [0.15, 0.2) is 0 Å². The summed E-state index contributed by atoms with van der Waals surface area (Å²) in [7, 11) is 0. The summed E-state index contributed by atoms with van der Waals surface area (Å²) in [5.74, 6) is 0.970. The van der Waals surface area contributed by atoms with Crippen LogP contribution in [0, 0.1) is 37.5 Å². The number of hydrogen-bond acceptors (Lipinski definition) is 2. The number of amides is 2. The molecule has 4 rings (SSSR count). The summed E-state index contributed by atoms with van der Waals surface area (Å²) in [6.07, 6.45) is 3.35. The molecule has 4 unspecified atom stereocenters. The summed E-state index contributed by atoms with van der Waals surface area (Å²) in [5.41, 5.74) is 2.89. The fraction of sp³-hybridized carbons (Fsp3) is 0.529. The van der Waals surface area contributed by atoms with Crippen LogP contribution in [0.15, 0.2) is 18.2 Å². The third-order valence-corrected chi connectivity index (χ3v) is 5.53. The number of anilines is 1. The fourth-order valence-corrected chi connectivity index (χ4v) is 4.61. The van der Waals surface area contributed by atoms with Gasteiger partial charge >= 0.3 is 0 Å². The molecule has 2 amide bonds. The van der Waals surface area contributed by atoms with Crippen LogP contribution in [0.25, 0.3) is 0 Å². The molecule has 3 fully saturated rings. The molecule has 2 saturated carbocycles. The van der Waals surface area contributed by atoms with E-state index in [0.29, 0.717) is 11.8 Å². The Balaban J connectivity index is 1.79. The average molecular weight is 269 g/mol. The molecule has 3 nitrogen and oxygen atoms in total. The van der Waals surface area contributed by atoms with Gasteiger partial charge in [-0.15, -0.1) is 0 Å². The van der Waals surface area contributed by atoms with Crippen molar-refractivity contribution in [2.75, 3.05) is 4.90 Å². The molecule has 3 heteroatoms. The minimum atomic E-state index is -0.0267. The molecule has 0 N–H and O–H groups in total. The smallest absolute Gasteiger partial charge is 0.237 e. The van der Waals surface area contributed by atoms with Crippen molar-refractivity contribution in [2.24, 2.45) is 23.7 Å². The van der Waals surface area contributed by atoms with Crippen LogP contribution in [0.2, 0.25) is 0 Å². The normalized spacial score (nSPS) is 35.0. The van der Waals surface area contributed by atoms with Crippen molar-refractivity contribution in [3.05, 3.63) is 29.3 Å². The van der Waals surface area contributed by atoms with Crippen molar-refractivity contribution in [2.45, 2.75) is 33.1 Å². The number of aryl methyl sites for hydroxylation is 2. The first-order chi connectivity index (χ1) is 9.58. The predicted octanol–water partition coefficient (Wildman–Crippen LogP) is 2.84. The lowest BCUT2D eigenvalue weighted by Crippen LogP contribution is -2.33. The second-order valence-electron chi connectivity index (χ2n) is 6.69. The summed E-state index contributed by atoms with van der Waals surface area (Å²) in [6.45, 7) is 3.97. The number of hydrogen-bond donors (Lipinski definition) is 0. The van der Waals surface area contributed by atoms with Crippen LogP contribution in [0.3, 0.4) is 0 Å². The third kappa shape index (κ3) is 1.41. The quantitative estimate of drug-likeness (QED) is 0.735. The van der Waals surface area contributed by atoms with Crippen molar-refractivity contribution in [1.82, 2.24) is 0 Å². The molecule has 1 aromatic rings. The van der Waals surface area contributed by atoms with Gasteiger partial charge in [0.1, 0.15) is 0 Å². The molecule has 1 saturated heterocycles. The highest BCUT2D eigenvalue weighted by atomic mass is 16.2. The largest absolute Gasteiger partial charge is 0.274 e. The summed E-state index contributed by atoms with van der Waals surface area (Å²) in [5, 5.41) is 0. The maximum atomic E-state index is 12.8. The lowest BCUT2D eigenvalue weighted by molar-refractivity contribution is -0.123. The minimum absolute atomic E-state index is 0.0267. The first-order valence-corrected chi connectivity index (χ1v) is 7.53. The maximum Gasteiger partial charge on any atom is 0.237 e. The Labute approximate surface area is 119 Å². The molecule has 104 valence electrons. The average Bonchev–Trinajstić information content (AvgIpc) is 3.08.